The second kappa shape index (κ2) is 11.0. The maximum absolute atomic E-state index is 14.0. The second-order valence-corrected chi connectivity index (χ2v) is 9.18. The van der Waals surface area contributed by atoms with Crippen LogP contribution < -0.4 is 9.47 Å². The standard InChI is InChI=1S/C30H29F2NO3/c31-23-17-22(18-24(32)20-23)29-11-5-21-19-25(34)6-12-28(21)30(29)36-27-9-7-26(8-10-27)35-16-15-33-13-3-1-2-4-14-33/h5-12,17-20,34H,1-4,13-16H2. The van der Waals surface area contributed by atoms with Crippen LogP contribution in [0.2, 0.25) is 0 Å². The van der Waals surface area contributed by atoms with Crippen LogP contribution in [0.5, 0.6) is 23.0 Å². The highest BCUT2D eigenvalue weighted by Crippen LogP contribution is 2.41. The van der Waals surface area contributed by atoms with Gasteiger partial charge in [-0.05, 0) is 97.5 Å². The maximum atomic E-state index is 14.0. The summed E-state index contributed by atoms with van der Waals surface area (Å²) in [5.41, 5.74) is 0.912. The Labute approximate surface area is 209 Å². The number of rotatable bonds is 7. The van der Waals surface area contributed by atoms with Gasteiger partial charge in [-0.2, -0.15) is 0 Å². The van der Waals surface area contributed by atoms with Gasteiger partial charge in [-0.25, -0.2) is 8.78 Å². The lowest BCUT2D eigenvalue weighted by molar-refractivity contribution is 0.214. The van der Waals surface area contributed by atoms with Crippen LogP contribution in [0.3, 0.4) is 0 Å². The number of hydrogen-bond donors (Lipinski definition) is 1. The average molecular weight is 490 g/mol. The van der Waals surface area contributed by atoms with E-state index in [9.17, 15) is 13.9 Å². The lowest BCUT2D eigenvalue weighted by atomic mass is 9.99. The molecule has 1 aliphatic rings. The van der Waals surface area contributed by atoms with Crippen molar-refractivity contribution < 1.29 is 23.4 Å². The first-order valence-corrected chi connectivity index (χ1v) is 12.4. The first-order valence-electron chi connectivity index (χ1n) is 12.4. The van der Waals surface area contributed by atoms with Gasteiger partial charge in [0.05, 0.1) is 0 Å². The number of halogens is 2. The quantitative estimate of drug-likeness (QED) is 0.291. The van der Waals surface area contributed by atoms with Crippen LogP contribution in [0.4, 0.5) is 8.78 Å². The molecule has 0 aromatic heterocycles. The SMILES string of the molecule is Oc1ccc2c(Oc3ccc(OCCN4CCCCCC4)cc3)c(-c3cc(F)cc(F)c3)ccc2c1. The summed E-state index contributed by atoms with van der Waals surface area (Å²) in [4.78, 5) is 2.46. The molecule has 0 spiro atoms. The minimum absolute atomic E-state index is 0.125. The molecule has 186 valence electrons. The van der Waals surface area contributed by atoms with Gasteiger partial charge in [-0.1, -0.05) is 18.9 Å². The summed E-state index contributed by atoms with van der Waals surface area (Å²) < 4.78 is 40.2. The molecule has 0 unspecified atom stereocenters. The van der Waals surface area contributed by atoms with Crippen LogP contribution in [0.1, 0.15) is 25.7 Å². The fraction of sp³-hybridized carbons (Fsp3) is 0.267. The Balaban J connectivity index is 1.37. The molecule has 1 N–H and O–H groups in total. The fourth-order valence-corrected chi connectivity index (χ4v) is 4.71. The first-order chi connectivity index (χ1) is 17.5. The molecule has 1 fully saturated rings. The van der Waals surface area contributed by atoms with Gasteiger partial charge in [0.2, 0.25) is 0 Å². The van der Waals surface area contributed by atoms with Gasteiger partial charge in [0.15, 0.2) is 0 Å². The van der Waals surface area contributed by atoms with E-state index in [0.29, 0.717) is 34.6 Å². The van der Waals surface area contributed by atoms with Crippen molar-refractivity contribution in [2.45, 2.75) is 25.7 Å². The molecule has 1 heterocycles. The Morgan fingerprint density at radius 3 is 2.17 bits per heavy atom. The number of fused-ring (bicyclic) bond motifs is 1. The Kier molecular flexibility index (Phi) is 7.33. The van der Waals surface area contributed by atoms with E-state index in [1.807, 2.05) is 24.3 Å². The van der Waals surface area contributed by atoms with Gasteiger partial charge in [-0.3, -0.25) is 4.90 Å². The third-order valence-electron chi connectivity index (χ3n) is 6.55. The van der Waals surface area contributed by atoms with Crippen molar-refractivity contribution in [1.29, 1.82) is 0 Å². The van der Waals surface area contributed by atoms with E-state index < -0.39 is 11.6 Å². The fourth-order valence-electron chi connectivity index (χ4n) is 4.71. The van der Waals surface area contributed by atoms with Crippen molar-refractivity contribution in [3.05, 3.63) is 84.4 Å². The number of benzene rings is 4. The summed E-state index contributed by atoms with van der Waals surface area (Å²) >= 11 is 0. The number of ether oxygens (including phenoxy) is 2. The normalized spacial score (nSPS) is 14.5. The molecule has 1 saturated heterocycles. The van der Waals surface area contributed by atoms with E-state index in [4.69, 9.17) is 9.47 Å². The molecule has 36 heavy (non-hydrogen) atoms. The number of hydrogen-bond acceptors (Lipinski definition) is 4. The van der Waals surface area contributed by atoms with E-state index in [2.05, 4.69) is 4.90 Å². The Morgan fingerprint density at radius 1 is 0.750 bits per heavy atom. The molecule has 6 heteroatoms. The van der Waals surface area contributed by atoms with Gasteiger partial charge in [0.1, 0.15) is 41.2 Å². The number of aromatic hydroxyl groups is 1. The van der Waals surface area contributed by atoms with Gasteiger partial charge in [0, 0.05) is 23.6 Å². The van der Waals surface area contributed by atoms with E-state index in [0.717, 1.165) is 36.8 Å². The van der Waals surface area contributed by atoms with Crippen LogP contribution in [-0.4, -0.2) is 36.2 Å². The van der Waals surface area contributed by atoms with Crippen molar-refractivity contribution in [1.82, 2.24) is 4.90 Å². The van der Waals surface area contributed by atoms with Crippen LogP contribution in [0, 0.1) is 11.6 Å². The zero-order valence-electron chi connectivity index (χ0n) is 20.1. The molecule has 5 rings (SSSR count). The number of likely N-dealkylation sites (tertiary alicyclic amines) is 1. The molecular formula is C30H29F2NO3. The van der Waals surface area contributed by atoms with E-state index in [1.54, 1.807) is 30.3 Å². The Bertz CT molecular complexity index is 1310. The third-order valence-corrected chi connectivity index (χ3v) is 6.55. The smallest absolute Gasteiger partial charge is 0.143 e. The molecule has 0 saturated carbocycles. The number of phenols is 1. The van der Waals surface area contributed by atoms with E-state index >= 15 is 0 Å². The van der Waals surface area contributed by atoms with Crippen molar-refractivity contribution in [3.8, 4) is 34.1 Å². The Hall–Kier alpha value is -3.64. The van der Waals surface area contributed by atoms with Crippen molar-refractivity contribution in [2.75, 3.05) is 26.2 Å². The average Bonchev–Trinajstić information content (AvgIpc) is 3.13. The summed E-state index contributed by atoms with van der Waals surface area (Å²) in [5.74, 6) is 0.569. The zero-order chi connectivity index (χ0) is 24.9. The highest BCUT2D eigenvalue weighted by molar-refractivity contribution is 5.96. The van der Waals surface area contributed by atoms with E-state index in [-0.39, 0.29) is 5.75 Å². The topological polar surface area (TPSA) is 41.9 Å². The zero-order valence-corrected chi connectivity index (χ0v) is 20.1. The minimum atomic E-state index is -0.663. The Morgan fingerprint density at radius 2 is 1.44 bits per heavy atom. The van der Waals surface area contributed by atoms with Gasteiger partial charge in [-0.15, -0.1) is 0 Å². The predicted octanol–water partition coefficient (Wildman–Crippen LogP) is 7.54. The van der Waals surface area contributed by atoms with E-state index in [1.165, 1.54) is 37.8 Å². The summed E-state index contributed by atoms with van der Waals surface area (Å²) in [6.07, 6.45) is 5.13. The summed E-state index contributed by atoms with van der Waals surface area (Å²) in [6, 6.07) is 19.2. The summed E-state index contributed by atoms with van der Waals surface area (Å²) in [7, 11) is 0. The number of phenolic OH excluding ortho intramolecular Hbond substituents is 1. The van der Waals surface area contributed by atoms with Crippen LogP contribution in [0.25, 0.3) is 21.9 Å². The van der Waals surface area contributed by atoms with Crippen LogP contribution in [0.15, 0.2) is 72.8 Å². The molecule has 1 aliphatic heterocycles. The monoisotopic (exact) mass is 489 g/mol. The molecule has 4 aromatic carbocycles. The molecule has 0 radical (unpaired) electrons. The molecule has 4 nitrogen and oxygen atoms in total. The largest absolute Gasteiger partial charge is 0.508 e. The minimum Gasteiger partial charge on any atom is -0.508 e. The van der Waals surface area contributed by atoms with Crippen LogP contribution in [-0.2, 0) is 0 Å². The highest BCUT2D eigenvalue weighted by Gasteiger charge is 2.15. The molecular weight excluding hydrogens is 460 g/mol. The molecule has 0 bridgehead atoms. The van der Waals surface area contributed by atoms with Crippen molar-refractivity contribution in [3.63, 3.8) is 0 Å². The summed E-state index contributed by atoms with van der Waals surface area (Å²) in [6.45, 7) is 3.81. The van der Waals surface area contributed by atoms with Gasteiger partial charge < -0.3 is 14.6 Å². The predicted molar refractivity (Wildman–Crippen MR) is 138 cm³/mol. The van der Waals surface area contributed by atoms with Gasteiger partial charge in [0.25, 0.3) is 0 Å². The van der Waals surface area contributed by atoms with Crippen LogP contribution >= 0.6 is 0 Å². The molecule has 0 aliphatic carbocycles. The maximum Gasteiger partial charge on any atom is 0.143 e. The lowest BCUT2D eigenvalue weighted by Crippen LogP contribution is -2.29. The molecule has 0 atom stereocenters. The molecule has 4 aromatic rings. The first kappa shape index (κ1) is 24.1. The van der Waals surface area contributed by atoms with Crippen molar-refractivity contribution in [2.24, 2.45) is 0 Å². The third kappa shape index (κ3) is 5.77. The molecule has 0 amide bonds. The summed E-state index contributed by atoms with van der Waals surface area (Å²) in [5, 5.41) is 11.4. The van der Waals surface area contributed by atoms with Crippen molar-refractivity contribution >= 4 is 10.8 Å². The second-order valence-electron chi connectivity index (χ2n) is 9.18. The lowest BCUT2D eigenvalue weighted by Gasteiger charge is -2.19. The number of nitrogens with zero attached hydrogens (tertiary/aromatic N) is 1. The highest BCUT2D eigenvalue weighted by atomic mass is 19.1. The van der Waals surface area contributed by atoms with Gasteiger partial charge >= 0.3 is 0 Å².